The molecular weight excluding hydrogens is 242 g/mol. The van der Waals surface area contributed by atoms with Crippen molar-refractivity contribution >= 4 is 5.57 Å². The molecule has 1 nitrogen and oxygen atoms in total. The van der Waals surface area contributed by atoms with E-state index in [4.69, 9.17) is 0 Å². The molecular formula is C19H27N. The molecule has 0 atom stereocenters. The number of hydrogen-bond donors (Lipinski definition) is 0. The van der Waals surface area contributed by atoms with Gasteiger partial charge in [0.05, 0.1) is 0 Å². The van der Waals surface area contributed by atoms with Crippen molar-refractivity contribution in [2.45, 2.75) is 38.5 Å². The molecule has 0 amide bonds. The second kappa shape index (κ2) is 6.13. The van der Waals surface area contributed by atoms with E-state index in [9.17, 15) is 0 Å². The predicted molar refractivity (Wildman–Crippen MR) is 86.6 cm³/mol. The molecule has 2 bridgehead atoms. The van der Waals surface area contributed by atoms with Crippen LogP contribution >= 0.6 is 0 Å². The molecule has 0 N–H and O–H groups in total. The van der Waals surface area contributed by atoms with E-state index in [0.717, 1.165) is 11.8 Å². The number of benzene rings is 1. The number of nitrogens with zero attached hydrogens (tertiary/aromatic N) is 1. The lowest BCUT2D eigenvalue weighted by Crippen LogP contribution is -2.26. The molecule has 1 aromatic carbocycles. The smallest absolute Gasteiger partial charge is 0.00218 e. The van der Waals surface area contributed by atoms with Crippen LogP contribution in [0.15, 0.2) is 35.9 Å². The number of allylic oxidation sites excluding steroid dienone is 2. The Hall–Kier alpha value is -1.08. The minimum atomic E-state index is 0.844. The zero-order valence-corrected chi connectivity index (χ0v) is 12.9. The molecule has 3 aliphatic carbocycles. The first-order valence-corrected chi connectivity index (χ1v) is 8.19. The van der Waals surface area contributed by atoms with Gasteiger partial charge in [-0.2, -0.15) is 0 Å². The summed E-state index contributed by atoms with van der Waals surface area (Å²) >= 11 is 0. The van der Waals surface area contributed by atoms with Crippen molar-refractivity contribution in [1.29, 1.82) is 0 Å². The summed E-state index contributed by atoms with van der Waals surface area (Å²) in [5, 5.41) is 0. The molecule has 0 unspecified atom stereocenters. The Kier molecular flexibility index (Phi) is 4.26. The summed E-state index contributed by atoms with van der Waals surface area (Å²) in [6.07, 6.45) is 8.35. The van der Waals surface area contributed by atoms with Crippen LogP contribution in [-0.4, -0.2) is 25.5 Å². The van der Waals surface area contributed by atoms with Crippen molar-refractivity contribution in [3.05, 3.63) is 41.5 Å². The maximum Gasteiger partial charge on any atom is -0.00218 e. The van der Waals surface area contributed by atoms with E-state index in [1.807, 2.05) is 0 Å². The standard InChI is InChI=1S/C19H27N/c1-20(2)14-6-9-18-15-10-12-17(13-11-15)19(18)16-7-4-3-5-8-16/h3-5,7-8,15,17H,6,9-14H2,1-2H3. The molecule has 0 saturated heterocycles. The summed E-state index contributed by atoms with van der Waals surface area (Å²) in [4.78, 5) is 2.31. The van der Waals surface area contributed by atoms with Gasteiger partial charge in [0.1, 0.15) is 0 Å². The van der Waals surface area contributed by atoms with Crippen molar-refractivity contribution in [3.63, 3.8) is 0 Å². The van der Waals surface area contributed by atoms with Crippen molar-refractivity contribution in [3.8, 4) is 0 Å². The monoisotopic (exact) mass is 269 g/mol. The average molecular weight is 269 g/mol. The molecule has 108 valence electrons. The van der Waals surface area contributed by atoms with Crippen molar-refractivity contribution in [2.24, 2.45) is 11.8 Å². The number of rotatable bonds is 5. The zero-order chi connectivity index (χ0) is 13.9. The molecule has 3 aliphatic rings. The highest BCUT2D eigenvalue weighted by Crippen LogP contribution is 2.50. The van der Waals surface area contributed by atoms with Crippen LogP contribution in [0.1, 0.15) is 44.1 Å². The summed E-state index contributed by atoms with van der Waals surface area (Å²) in [5.74, 6) is 1.73. The number of fused-ring (bicyclic) bond motifs is 2. The average Bonchev–Trinajstić information content (AvgIpc) is 2.49. The van der Waals surface area contributed by atoms with Gasteiger partial charge in [-0.3, -0.25) is 0 Å². The van der Waals surface area contributed by atoms with E-state index in [1.165, 1.54) is 50.6 Å². The van der Waals surface area contributed by atoms with Gasteiger partial charge in [0.2, 0.25) is 0 Å². The van der Waals surface area contributed by atoms with Gasteiger partial charge >= 0.3 is 0 Å². The maximum absolute atomic E-state index is 2.32. The minimum absolute atomic E-state index is 0.844. The summed E-state index contributed by atoms with van der Waals surface area (Å²) in [6, 6.07) is 11.2. The minimum Gasteiger partial charge on any atom is -0.309 e. The molecule has 1 saturated carbocycles. The van der Waals surface area contributed by atoms with Crippen molar-refractivity contribution in [2.75, 3.05) is 20.6 Å². The third-order valence-corrected chi connectivity index (χ3v) is 5.11. The van der Waals surface area contributed by atoms with Gasteiger partial charge in [0, 0.05) is 0 Å². The summed E-state index contributed by atoms with van der Waals surface area (Å²) in [7, 11) is 4.36. The maximum atomic E-state index is 2.32. The Morgan fingerprint density at radius 3 is 2.25 bits per heavy atom. The van der Waals surface area contributed by atoms with Crippen LogP contribution < -0.4 is 0 Å². The van der Waals surface area contributed by atoms with Gasteiger partial charge in [-0.05, 0) is 82.1 Å². The van der Waals surface area contributed by atoms with E-state index >= 15 is 0 Å². The fourth-order valence-electron chi connectivity index (χ4n) is 4.18. The molecule has 4 rings (SSSR count). The third kappa shape index (κ3) is 2.83. The van der Waals surface area contributed by atoms with Crippen LogP contribution in [-0.2, 0) is 0 Å². The Morgan fingerprint density at radius 1 is 0.950 bits per heavy atom. The molecule has 1 fully saturated rings. The van der Waals surface area contributed by atoms with Gasteiger partial charge in [-0.25, -0.2) is 0 Å². The third-order valence-electron chi connectivity index (χ3n) is 5.11. The van der Waals surface area contributed by atoms with Gasteiger partial charge < -0.3 is 4.90 Å². The topological polar surface area (TPSA) is 3.24 Å². The molecule has 20 heavy (non-hydrogen) atoms. The van der Waals surface area contributed by atoms with E-state index in [1.54, 1.807) is 11.1 Å². The lowest BCUT2D eigenvalue weighted by atomic mass is 9.64. The van der Waals surface area contributed by atoms with Gasteiger partial charge in [-0.1, -0.05) is 35.9 Å². The van der Waals surface area contributed by atoms with Crippen LogP contribution in [0.5, 0.6) is 0 Å². The lowest BCUT2D eigenvalue weighted by Gasteiger charge is -2.41. The SMILES string of the molecule is CN(C)CCCC1=C(c2ccccc2)C2CCC1CC2. The molecule has 1 heteroatoms. The first-order chi connectivity index (χ1) is 9.75. The Morgan fingerprint density at radius 2 is 1.60 bits per heavy atom. The molecule has 0 aliphatic heterocycles. The van der Waals surface area contributed by atoms with Gasteiger partial charge in [-0.15, -0.1) is 0 Å². The quantitative estimate of drug-likeness (QED) is 0.755. The second-order valence-electron chi connectivity index (χ2n) is 6.76. The fourth-order valence-corrected chi connectivity index (χ4v) is 4.18. The first-order valence-electron chi connectivity index (χ1n) is 8.19. The molecule has 0 spiro atoms. The highest BCUT2D eigenvalue weighted by Gasteiger charge is 2.34. The fraction of sp³-hybridized carbons (Fsp3) is 0.579. The Bertz CT molecular complexity index is 464. The molecule has 1 aromatic rings. The number of hydrogen-bond acceptors (Lipinski definition) is 1. The molecule has 0 heterocycles. The second-order valence-corrected chi connectivity index (χ2v) is 6.76. The van der Waals surface area contributed by atoms with E-state index in [0.29, 0.717) is 0 Å². The highest BCUT2D eigenvalue weighted by atomic mass is 15.0. The summed E-state index contributed by atoms with van der Waals surface area (Å²) in [5.41, 5.74) is 5.04. The Balaban J connectivity index is 1.87. The van der Waals surface area contributed by atoms with E-state index in [-0.39, 0.29) is 0 Å². The van der Waals surface area contributed by atoms with Crippen LogP contribution in [0.25, 0.3) is 5.57 Å². The van der Waals surface area contributed by atoms with E-state index < -0.39 is 0 Å². The summed E-state index contributed by atoms with van der Waals surface area (Å²) < 4.78 is 0. The molecule has 0 radical (unpaired) electrons. The van der Waals surface area contributed by atoms with Crippen LogP contribution in [0.2, 0.25) is 0 Å². The normalized spacial score (nSPS) is 25.6. The van der Waals surface area contributed by atoms with Crippen LogP contribution in [0.3, 0.4) is 0 Å². The van der Waals surface area contributed by atoms with Crippen LogP contribution in [0, 0.1) is 11.8 Å². The predicted octanol–water partition coefficient (Wildman–Crippen LogP) is 4.60. The van der Waals surface area contributed by atoms with E-state index in [2.05, 4.69) is 49.3 Å². The van der Waals surface area contributed by atoms with Crippen molar-refractivity contribution < 1.29 is 0 Å². The lowest BCUT2D eigenvalue weighted by molar-refractivity contribution is 0.311. The zero-order valence-electron chi connectivity index (χ0n) is 12.9. The summed E-state index contributed by atoms with van der Waals surface area (Å²) in [6.45, 7) is 1.21. The highest BCUT2D eigenvalue weighted by molar-refractivity contribution is 5.72. The van der Waals surface area contributed by atoms with Gasteiger partial charge in [0.15, 0.2) is 0 Å². The molecule has 0 aromatic heterocycles. The van der Waals surface area contributed by atoms with Crippen LogP contribution in [0.4, 0.5) is 0 Å². The van der Waals surface area contributed by atoms with Gasteiger partial charge in [0.25, 0.3) is 0 Å². The largest absolute Gasteiger partial charge is 0.309 e. The Labute approximate surface area is 123 Å². The first kappa shape index (κ1) is 13.9. The van der Waals surface area contributed by atoms with Crippen molar-refractivity contribution in [1.82, 2.24) is 4.90 Å².